The zero-order valence-electron chi connectivity index (χ0n) is 19.9. The van der Waals surface area contributed by atoms with Gasteiger partial charge < -0.3 is 4.98 Å². The molecule has 0 saturated carbocycles. The van der Waals surface area contributed by atoms with Gasteiger partial charge in [0.05, 0.1) is 15.4 Å². The van der Waals surface area contributed by atoms with Crippen LogP contribution in [-0.2, 0) is 12.8 Å². The number of aromatic amines is 1. The van der Waals surface area contributed by atoms with Gasteiger partial charge in [0.1, 0.15) is 11.1 Å². The van der Waals surface area contributed by atoms with Crippen molar-refractivity contribution in [2.24, 2.45) is 16.3 Å². The number of aromatic nitrogens is 2. The first-order valence-electron chi connectivity index (χ1n) is 11.2. The Kier molecular flexibility index (Phi) is 6.92. The van der Waals surface area contributed by atoms with Gasteiger partial charge in [0.2, 0.25) is 0 Å². The second kappa shape index (κ2) is 9.76. The minimum Gasteiger partial charge on any atom is -0.301 e. The number of hydrogen-bond acceptors (Lipinski definition) is 8. The molecule has 1 aliphatic carbocycles. The van der Waals surface area contributed by atoms with Crippen molar-refractivity contribution in [3.05, 3.63) is 72.0 Å². The highest BCUT2D eigenvalue weighted by Gasteiger charge is 2.32. The predicted molar refractivity (Wildman–Crippen MR) is 138 cm³/mol. The van der Waals surface area contributed by atoms with Crippen LogP contribution in [0.15, 0.2) is 44.1 Å². The van der Waals surface area contributed by atoms with Crippen molar-refractivity contribution in [1.82, 2.24) is 9.97 Å². The van der Waals surface area contributed by atoms with Crippen LogP contribution in [0.1, 0.15) is 54.5 Å². The fourth-order valence-corrected chi connectivity index (χ4v) is 6.34. The van der Waals surface area contributed by atoms with Crippen molar-refractivity contribution in [2.75, 3.05) is 0 Å². The lowest BCUT2D eigenvalue weighted by Crippen LogP contribution is -2.26. The highest BCUT2D eigenvalue weighted by atomic mass is 32.2. The van der Waals surface area contributed by atoms with Gasteiger partial charge in [-0.3, -0.25) is 14.9 Å². The van der Waals surface area contributed by atoms with E-state index in [9.17, 15) is 20.2 Å². The Morgan fingerprint density at radius 1 is 1.37 bits per heavy atom. The van der Waals surface area contributed by atoms with Crippen molar-refractivity contribution in [3.63, 3.8) is 0 Å². The number of fused-ring (bicyclic) bond motifs is 1. The van der Waals surface area contributed by atoms with Gasteiger partial charge in [-0.15, -0.1) is 11.3 Å². The smallest absolute Gasteiger partial charge is 0.283 e. The van der Waals surface area contributed by atoms with Gasteiger partial charge in [0.25, 0.3) is 11.2 Å². The van der Waals surface area contributed by atoms with Crippen molar-refractivity contribution in [1.29, 1.82) is 5.26 Å². The molecule has 1 atom stereocenters. The van der Waals surface area contributed by atoms with Gasteiger partial charge in [-0.05, 0) is 66.5 Å². The van der Waals surface area contributed by atoms with E-state index in [0.717, 1.165) is 36.6 Å². The third-order valence-electron chi connectivity index (χ3n) is 6.15. The Morgan fingerprint density at radius 2 is 2.14 bits per heavy atom. The topological polar surface area (TPSA) is 125 Å². The molecule has 2 heterocycles. The van der Waals surface area contributed by atoms with Crippen molar-refractivity contribution in [3.8, 4) is 6.07 Å². The summed E-state index contributed by atoms with van der Waals surface area (Å²) in [5.41, 5.74) is 2.58. The quantitative estimate of drug-likeness (QED) is 0.196. The lowest BCUT2D eigenvalue weighted by molar-refractivity contribution is -0.387. The molecule has 0 unspecified atom stereocenters. The van der Waals surface area contributed by atoms with Crippen LogP contribution in [0.2, 0.25) is 0 Å². The van der Waals surface area contributed by atoms with Crippen molar-refractivity contribution >= 4 is 40.0 Å². The Hall–Kier alpha value is -3.29. The number of H-pyrrole nitrogens is 1. The molecule has 180 valence electrons. The summed E-state index contributed by atoms with van der Waals surface area (Å²) in [6.07, 6.45) is 4.43. The van der Waals surface area contributed by atoms with E-state index in [0.29, 0.717) is 32.6 Å². The van der Waals surface area contributed by atoms with Gasteiger partial charge in [0.15, 0.2) is 5.16 Å². The highest BCUT2D eigenvalue weighted by Crippen LogP contribution is 2.45. The van der Waals surface area contributed by atoms with Gasteiger partial charge in [0, 0.05) is 28.9 Å². The molecule has 3 aromatic rings. The first kappa shape index (κ1) is 24.8. The molecule has 0 amide bonds. The number of nitriles is 1. The second-order valence-electron chi connectivity index (χ2n) is 9.64. The zero-order chi connectivity index (χ0) is 25.3. The summed E-state index contributed by atoms with van der Waals surface area (Å²) in [5, 5.41) is 22.4. The minimum absolute atomic E-state index is 0.109. The number of rotatable bonds is 5. The molecular weight excluding hydrogens is 482 g/mol. The largest absolute Gasteiger partial charge is 0.301 e. The number of nitrogens with zero attached hydrogens (tertiary/aromatic N) is 4. The lowest BCUT2D eigenvalue weighted by Gasteiger charge is -2.33. The number of aliphatic imine (C=N–C) groups is 1. The normalized spacial score (nSPS) is 15.7. The standard InChI is InChI=1S/C25H25N5O3S2/c1-14-9-22(31)29-24(28-14)35-20-8-5-15(10-19(20)30(32)33)13-27-23-18(12-26)17-7-6-16(25(2,3)4)11-21(17)34-23/h5,8-10,13,16H,6-7,11H2,1-4H3,(H,28,29,31)/t16-/m0/s1. The van der Waals surface area contributed by atoms with Crippen LogP contribution in [0.3, 0.4) is 0 Å². The summed E-state index contributed by atoms with van der Waals surface area (Å²) in [5.74, 6) is 0.558. The molecule has 0 fully saturated rings. The number of aryl methyl sites for hydroxylation is 1. The SMILES string of the molecule is Cc1cc(=O)[nH]c(Sc2ccc(C=Nc3sc4c(c3C#N)CC[C@H](C(C)(C)C)C4)cc2[N+](=O)[O-])n1. The third kappa shape index (κ3) is 5.52. The fourth-order valence-electron chi connectivity index (χ4n) is 4.20. The summed E-state index contributed by atoms with van der Waals surface area (Å²) in [6, 6.07) is 8.46. The first-order valence-corrected chi connectivity index (χ1v) is 12.8. The number of nitro benzene ring substituents is 1. The average molecular weight is 508 g/mol. The maximum Gasteiger partial charge on any atom is 0.283 e. The molecule has 8 nitrogen and oxygen atoms in total. The summed E-state index contributed by atoms with van der Waals surface area (Å²) < 4.78 is 0. The fraction of sp³-hybridized carbons (Fsp3) is 0.360. The molecule has 0 aliphatic heterocycles. The summed E-state index contributed by atoms with van der Waals surface area (Å²) in [7, 11) is 0. The molecule has 35 heavy (non-hydrogen) atoms. The monoisotopic (exact) mass is 507 g/mol. The average Bonchev–Trinajstić information content (AvgIpc) is 3.13. The maximum absolute atomic E-state index is 11.7. The van der Waals surface area contributed by atoms with E-state index in [-0.39, 0.29) is 21.8 Å². The number of benzene rings is 1. The Balaban J connectivity index is 1.62. The Bertz CT molecular complexity index is 1430. The molecular formula is C25H25N5O3S2. The molecule has 0 radical (unpaired) electrons. The van der Waals surface area contributed by atoms with Crippen LogP contribution in [0, 0.1) is 39.7 Å². The third-order valence-corrected chi connectivity index (χ3v) is 8.26. The van der Waals surface area contributed by atoms with E-state index in [4.69, 9.17) is 0 Å². The molecule has 0 saturated heterocycles. The molecule has 1 N–H and O–H groups in total. The van der Waals surface area contributed by atoms with E-state index in [1.165, 1.54) is 17.0 Å². The molecule has 4 rings (SSSR count). The van der Waals surface area contributed by atoms with Crippen LogP contribution in [0.4, 0.5) is 10.7 Å². The van der Waals surface area contributed by atoms with Crippen LogP contribution in [0.5, 0.6) is 0 Å². The van der Waals surface area contributed by atoms with Crippen LogP contribution in [0.25, 0.3) is 0 Å². The molecule has 0 spiro atoms. The van der Waals surface area contributed by atoms with Crippen LogP contribution >= 0.6 is 23.1 Å². The Labute approximate surface area is 211 Å². The molecule has 2 aromatic heterocycles. The van der Waals surface area contributed by atoms with Gasteiger partial charge in [-0.25, -0.2) is 9.98 Å². The van der Waals surface area contributed by atoms with Crippen molar-refractivity contribution in [2.45, 2.75) is 57.0 Å². The zero-order valence-corrected chi connectivity index (χ0v) is 21.5. The summed E-state index contributed by atoms with van der Waals surface area (Å²) in [6.45, 7) is 8.45. The molecule has 1 aromatic carbocycles. The Morgan fingerprint density at radius 3 is 2.80 bits per heavy atom. The number of thiophene rings is 1. The van der Waals surface area contributed by atoms with E-state index in [1.807, 2.05) is 0 Å². The number of nitrogens with one attached hydrogen (secondary N) is 1. The summed E-state index contributed by atoms with van der Waals surface area (Å²) in [4.78, 5) is 35.9. The van der Waals surface area contributed by atoms with Crippen LogP contribution < -0.4 is 5.56 Å². The predicted octanol–water partition coefficient (Wildman–Crippen LogP) is 5.97. The van der Waals surface area contributed by atoms with Gasteiger partial charge in [-0.1, -0.05) is 26.8 Å². The van der Waals surface area contributed by atoms with E-state index >= 15 is 0 Å². The van der Waals surface area contributed by atoms with Gasteiger partial charge >= 0.3 is 0 Å². The number of hydrogen-bond donors (Lipinski definition) is 1. The van der Waals surface area contributed by atoms with Crippen molar-refractivity contribution < 1.29 is 4.92 Å². The molecule has 10 heteroatoms. The lowest BCUT2D eigenvalue weighted by atomic mass is 9.72. The van der Waals surface area contributed by atoms with E-state index in [2.05, 4.69) is 41.8 Å². The maximum atomic E-state index is 11.7. The molecule has 0 bridgehead atoms. The summed E-state index contributed by atoms with van der Waals surface area (Å²) >= 11 is 2.57. The van der Waals surface area contributed by atoms with E-state index < -0.39 is 4.92 Å². The minimum atomic E-state index is -0.467. The van der Waals surface area contributed by atoms with Gasteiger partial charge in [-0.2, -0.15) is 5.26 Å². The first-order chi connectivity index (χ1) is 16.5. The molecule has 1 aliphatic rings. The van der Waals surface area contributed by atoms with E-state index in [1.54, 1.807) is 36.6 Å². The van der Waals surface area contributed by atoms with Crippen LogP contribution in [-0.4, -0.2) is 21.1 Å². The highest BCUT2D eigenvalue weighted by molar-refractivity contribution is 7.99. The number of nitro groups is 1. The second-order valence-corrected chi connectivity index (χ2v) is 11.8.